The highest BCUT2D eigenvalue weighted by molar-refractivity contribution is 6.31. The highest BCUT2D eigenvalue weighted by atomic mass is 35.5. The molecule has 1 saturated heterocycles. The van der Waals surface area contributed by atoms with Gasteiger partial charge in [-0.15, -0.1) is 0 Å². The summed E-state index contributed by atoms with van der Waals surface area (Å²) in [7, 11) is 0. The van der Waals surface area contributed by atoms with Crippen molar-refractivity contribution >= 4 is 17.5 Å². The molecule has 2 aliphatic rings. The topological polar surface area (TPSA) is 86.1 Å². The van der Waals surface area contributed by atoms with Crippen LogP contribution < -0.4 is 14.8 Å². The molecule has 2 aromatic carbocycles. The highest BCUT2D eigenvalue weighted by Gasteiger charge is 2.20. The van der Waals surface area contributed by atoms with Crippen LogP contribution in [0, 0.1) is 0 Å². The number of aromatic nitrogens is 1. The van der Waals surface area contributed by atoms with E-state index in [2.05, 4.69) is 15.2 Å². The van der Waals surface area contributed by atoms with Crippen LogP contribution in [0.15, 0.2) is 53.1 Å². The summed E-state index contributed by atoms with van der Waals surface area (Å²) in [4.78, 5) is 19.1. The van der Waals surface area contributed by atoms with Crippen LogP contribution in [0.2, 0.25) is 5.02 Å². The van der Waals surface area contributed by atoms with Crippen molar-refractivity contribution in [3.63, 3.8) is 0 Å². The molecule has 0 spiro atoms. The zero-order valence-corrected chi connectivity index (χ0v) is 19.4. The minimum absolute atomic E-state index is 0.0723. The smallest absolute Gasteiger partial charge is 0.273 e. The van der Waals surface area contributed by atoms with E-state index < -0.39 is 0 Å². The number of nitrogens with zero attached hydrogens (tertiary/aromatic N) is 2. The van der Waals surface area contributed by atoms with E-state index in [1.165, 1.54) is 6.26 Å². The number of oxazole rings is 1. The summed E-state index contributed by atoms with van der Waals surface area (Å²) in [6.07, 6.45) is 3.46. The Morgan fingerprint density at radius 1 is 1.12 bits per heavy atom. The molecule has 0 unspecified atom stereocenters. The number of hydrogen-bond acceptors (Lipinski definition) is 7. The number of nitrogens with one attached hydrogen (secondary N) is 1. The van der Waals surface area contributed by atoms with Crippen LogP contribution in [-0.4, -0.2) is 41.8 Å². The van der Waals surface area contributed by atoms with Crippen LogP contribution in [-0.2, 0) is 24.4 Å². The van der Waals surface area contributed by atoms with Gasteiger partial charge in [0.2, 0.25) is 12.7 Å². The van der Waals surface area contributed by atoms with Crippen molar-refractivity contribution in [1.82, 2.24) is 15.2 Å². The van der Waals surface area contributed by atoms with Gasteiger partial charge in [-0.05, 0) is 42.2 Å². The first-order chi connectivity index (χ1) is 16.6. The molecule has 2 aliphatic heterocycles. The minimum Gasteiger partial charge on any atom is -0.454 e. The van der Waals surface area contributed by atoms with Crippen molar-refractivity contribution in [2.45, 2.75) is 38.6 Å². The van der Waals surface area contributed by atoms with Crippen LogP contribution in [0.25, 0.3) is 0 Å². The lowest BCUT2D eigenvalue weighted by atomic mass is 10.1. The van der Waals surface area contributed by atoms with Crippen LogP contribution >= 0.6 is 11.6 Å². The Morgan fingerprint density at radius 3 is 2.85 bits per heavy atom. The largest absolute Gasteiger partial charge is 0.454 e. The second kappa shape index (κ2) is 10.5. The molecule has 8 nitrogen and oxygen atoms in total. The Kier molecular flexibility index (Phi) is 6.99. The maximum atomic E-state index is 12.5. The molecule has 1 N–H and O–H groups in total. The van der Waals surface area contributed by atoms with Crippen molar-refractivity contribution in [2.24, 2.45) is 0 Å². The van der Waals surface area contributed by atoms with Crippen molar-refractivity contribution in [3.8, 4) is 11.5 Å². The molecule has 34 heavy (non-hydrogen) atoms. The van der Waals surface area contributed by atoms with Gasteiger partial charge in [0, 0.05) is 31.3 Å². The fourth-order valence-corrected chi connectivity index (χ4v) is 4.31. The zero-order valence-electron chi connectivity index (χ0n) is 18.7. The van der Waals surface area contributed by atoms with Crippen molar-refractivity contribution in [2.75, 3.05) is 19.9 Å². The third-order valence-electron chi connectivity index (χ3n) is 5.85. The fraction of sp³-hybridized carbons (Fsp3) is 0.360. The number of hydrogen-bond donors (Lipinski definition) is 1. The van der Waals surface area contributed by atoms with E-state index in [4.69, 9.17) is 30.2 Å². The number of halogens is 1. The monoisotopic (exact) mass is 483 g/mol. The van der Waals surface area contributed by atoms with E-state index in [0.29, 0.717) is 37.1 Å². The fourth-order valence-electron chi connectivity index (χ4n) is 4.11. The van der Waals surface area contributed by atoms with Gasteiger partial charge in [0.25, 0.3) is 5.91 Å². The Labute approximate surface area is 202 Å². The molecule has 0 aliphatic carbocycles. The quantitative estimate of drug-likeness (QED) is 0.489. The summed E-state index contributed by atoms with van der Waals surface area (Å²) in [5.41, 5.74) is 2.30. The maximum Gasteiger partial charge on any atom is 0.273 e. The molecular formula is C25H26ClN3O5. The first-order valence-corrected chi connectivity index (χ1v) is 11.7. The van der Waals surface area contributed by atoms with Gasteiger partial charge >= 0.3 is 0 Å². The standard InChI is InChI=1S/C25H26ClN3O5/c26-20-6-2-1-4-18(20)13-29(12-17-7-8-22-23(10-17)34-16-33-22)14-24-28-21(15-32-24)25(30)27-11-19-5-3-9-31-19/h1-2,4,6-8,10,15,19H,3,5,9,11-14,16H2,(H,27,30)/t19-/m1/s1. The van der Waals surface area contributed by atoms with E-state index in [-0.39, 0.29) is 24.5 Å². The normalized spacial score (nSPS) is 16.8. The van der Waals surface area contributed by atoms with Gasteiger partial charge in [-0.25, -0.2) is 4.98 Å². The molecule has 178 valence electrons. The van der Waals surface area contributed by atoms with Gasteiger partial charge < -0.3 is 23.9 Å². The van der Waals surface area contributed by atoms with Crippen LogP contribution in [0.5, 0.6) is 11.5 Å². The van der Waals surface area contributed by atoms with E-state index in [1.807, 2.05) is 42.5 Å². The summed E-state index contributed by atoms with van der Waals surface area (Å²) < 4.78 is 22.1. The lowest BCUT2D eigenvalue weighted by Gasteiger charge is -2.21. The molecular weight excluding hydrogens is 458 g/mol. The number of carbonyl (C=O) groups is 1. The summed E-state index contributed by atoms with van der Waals surface area (Å²) in [6.45, 7) is 3.04. The highest BCUT2D eigenvalue weighted by Crippen LogP contribution is 2.33. The first-order valence-electron chi connectivity index (χ1n) is 11.3. The zero-order chi connectivity index (χ0) is 23.3. The Balaban J connectivity index is 1.28. The van der Waals surface area contributed by atoms with Crippen LogP contribution in [0.1, 0.15) is 40.3 Å². The van der Waals surface area contributed by atoms with Gasteiger partial charge in [0.05, 0.1) is 12.6 Å². The van der Waals surface area contributed by atoms with Crippen molar-refractivity contribution in [1.29, 1.82) is 0 Å². The van der Waals surface area contributed by atoms with Gasteiger partial charge in [-0.2, -0.15) is 0 Å². The lowest BCUT2D eigenvalue weighted by molar-refractivity contribution is 0.0853. The average molecular weight is 484 g/mol. The molecule has 0 bridgehead atoms. The molecule has 1 fully saturated rings. The van der Waals surface area contributed by atoms with Gasteiger partial charge in [-0.1, -0.05) is 35.9 Å². The van der Waals surface area contributed by atoms with Crippen LogP contribution in [0.4, 0.5) is 0 Å². The minimum atomic E-state index is -0.265. The number of carbonyl (C=O) groups excluding carboxylic acids is 1. The Hall–Kier alpha value is -3.07. The summed E-state index contributed by atoms with van der Waals surface area (Å²) in [5, 5.41) is 3.57. The third kappa shape index (κ3) is 5.52. The average Bonchev–Trinajstić information content (AvgIpc) is 3.61. The molecule has 3 aromatic rings. The molecule has 0 radical (unpaired) electrons. The molecule has 0 saturated carbocycles. The van der Waals surface area contributed by atoms with E-state index in [0.717, 1.165) is 42.1 Å². The van der Waals surface area contributed by atoms with E-state index >= 15 is 0 Å². The van der Waals surface area contributed by atoms with E-state index in [9.17, 15) is 4.79 Å². The second-order valence-electron chi connectivity index (χ2n) is 8.40. The number of amides is 1. The van der Waals surface area contributed by atoms with Gasteiger partial charge in [0.15, 0.2) is 17.2 Å². The second-order valence-corrected chi connectivity index (χ2v) is 8.80. The number of rotatable bonds is 9. The molecule has 1 amide bonds. The Bertz CT molecular complexity index is 1150. The SMILES string of the molecule is O=C(NC[C@H]1CCCO1)c1coc(CN(Cc2ccc3c(c2)OCO3)Cc2ccccc2Cl)n1. The maximum absolute atomic E-state index is 12.5. The lowest BCUT2D eigenvalue weighted by Crippen LogP contribution is -2.32. The van der Waals surface area contributed by atoms with E-state index in [1.54, 1.807) is 0 Å². The molecule has 1 aromatic heterocycles. The predicted molar refractivity (Wildman–Crippen MR) is 125 cm³/mol. The van der Waals surface area contributed by atoms with Gasteiger partial charge in [0.1, 0.15) is 6.26 Å². The number of fused-ring (bicyclic) bond motifs is 1. The summed E-state index contributed by atoms with van der Waals surface area (Å²) >= 11 is 6.42. The number of benzene rings is 2. The molecule has 9 heteroatoms. The van der Waals surface area contributed by atoms with Crippen molar-refractivity contribution < 1.29 is 23.4 Å². The number of ether oxygens (including phenoxy) is 3. The van der Waals surface area contributed by atoms with Gasteiger partial charge in [-0.3, -0.25) is 9.69 Å². The molecule has 5 rings (SSSR count). The summed E-state index contributed by atoms with van der Waals surface area (Å²) in [6, 6.07) is 13.6. The summed E-state index contributed by atoms with van der Waals surface area (Å²) in [5.74, 6) is 1.67. The van der Waals surface area contributed by atoms with Crippen molar-refractivity contribution in [3.05, 3.63) is 76.5 Å². The molecule has 1 atom stereocenters. The third-order valence-corrected chi connectivity index (χ3v) is 6.22. The molecule has 3 heterocycles. The van der Waals surface area contributed by atoms with Crippen LogP contribution in [0.3, 0.4) is 0 Å². The Morgan fingerprint density at radius 2 is 2.00 bits per heavy atom. The first kappa shape index (κ1) is 22.7. The predicted octanol–water partition coefficient (Wildman–Crippen LogP) is 4.17.